The summed E-state index contributed by atoms with van der Waals surface area (Å²) in [6.45, 7) is 7.12. The Morgan fingerprint density at radius 3 is 2.75 bits per heavy atom. The van der Waals surface area contributed by atoms with E-state index in [-0.39, 0.29) is 0 Å². The summed E-state index contributed by atoms with van der Waals surface area (Å²) in [4.78, 5) is 6.37. The zero-order valence-corrected chi connectivity index (χ0v) is 14.0. The number of likely N-dealkylation sites (tertiary alicyclic amines) is 1. The van der Waals surface area contributed by atoms with Gasteiger partial charge in [0.2, 0.25) is 0 Å². The van der Waals surface area contributed by atoms with E-state index < -0.39 is 0 Å². The fourth-order valence-corrected chi connectivity index (χ4v) is 3.88. The van der Waals surface area contributed by atoms with Crippen molar-refractivity contribution < 1.29 is 0 Å². The van der Waals surface area contributed by atoms with E-state index in [0.717, 1.165) is 5.92 Å². The van der Waals surface area contributed by atoms with Gasteiger partial charge in [-0.1, -0.05) is 17.7 Å². The second-order valence-corrected chi connectivity index (χ2v) is 7.36. The number of hydrogen-bond acceptors (Lipinski definition) is 3. The van der Waals surface area contributed by atoms with Gasteiger partial charge in [-0.25, -0.2) is 0 Å². The molecule has 0 amide bonds. The van der Waals surface area contributed by atoms with E-state index in [4.69, 9.17) is 0 Å². The van der Waals surface area contributed by atoms with Crippen LogP contribution in [0.5, 0.6) is 0 Å². The van der Waals surface area contributed by atoms with E-state index in [1.54, 1.807) is 0 Å². The number of aryl methyl sites for hydroxylation is 1. The van der Waals surface area contributed by atoms with Crippen LogP contribution in [0.2, 0.25) is 0 Å². The van der Waals surface area contributed by atoms with Gasteiger partial charge in [0.05, 0.1) is 0 Å². The van der Waals surface area contributed by atoms with Crippen LogP contribution in [-0.4, -0.2) is 55.8 Å². The lowest BCUT2D eigenvalue weighted by molar-refractivity contribution is 0.170. The van der Waals surface area contributed by atoms with Gasteiger partial charge in [-0.3, -0.25) is 0 Å². The Kier molecular flexibility index (Phi) is 6.40. The molecule has 1 saturated heterocycles. The minimum Gasteiger partial charge on any atom is -0.306 e. The van der Waals surface area contributed by atoms with Crippen LogP contribution in [-0.2, 0) is 0 Å². The third-order valence-corrected chi connectivity index (χ3v) is 5.05. The lowest BCUT2D eigenvalue weighted by Crippen LogP contribution is -2.38. The van der Waals surface area contributed by atoms with Crippen molar-refractivity contribution in [3.63, 3.8) is 0 Å². The topological polar surface area (TPSA) is 6.48 Å². The molecule has 0 unspecified atom stereocenters. The maximum atomic E-state index is 2.50. The van der Waals surface area contributed by atoms with Crippen LogP contribution in [0.1, 0.15) is 18.4 Å². The molecule has 20 heavy (non-hydrogen) atoms. The maximum absolute atomic E-state index is 2.50. The number of benzene rings is 1. The molecular formula is C17H28N2S. The van der Waals surface area contributed by atoms with Crippen LogP contribution in [0, 0.1) is 12.8 Å². The Morgan fingerprint density at radius 1 is 1.30 bits per heavy atom. The fraction of sp³-hybridized carbons (Fsp3) is 0.647. The van der Waals surface area contributed by atoms with Gasteiger partial charge in [-0.15, -0.1) is 11.8 Å². The van der Waals surface area contributed by atoms with Crippen molar-refractivity contribution in [1.82, 2.24) is 9.80 Å². The van der Waals surface area contributed by atoms with Crippen LogP contribution >= 0.6 is 11.8 Å². The minimum absolute atomic E-state index is 0.864. The summed E-state index contributed by atoms with van der Waals surface area (Å²) in [5.41, 5.74) is 1.34. The molecular weight excluding hydrogens is 264 g/mol. The molecule has 1 aromatic rings. The predicted molar refractivity (Wildman–Crippen MR) is 89.6 cm³/mol. The van der Waals surface area contributed by atoms with Crippen molar-refractivity contribution >= 4 is 11.8 Å². The van der Waals surface area contributed by atoms with Crippen LogP contribution in [0.25, 0.3) is 0 Å². The number of nitrogens with zero attached hydrogens (tertiary/aromatic N) is 2. The average Bonchev–Trinajstić information content (AvgIpc) is 2.41. The van der Waals surface area contributed by atoms with Gasteiger partial charge in [-0.2, -0.15) is 0 Å². The molecule has 1 fully saturated rings. The Hall–Kier alpha value is -0.510. The first-order valence-corrected chi connectivity index (χ1v) is 8.68. The molecule has 0 radical (unpaired) electrons. The van der Waals surface area contributed by atoms with Crippen molar-refractivity contribution in [2.45, 2.75) is 24.7 Å². The number of thioether (sulfide) groups is 1. The van der Waals surface area contributed by atoms with Gasteiger partial charge in [-0.05, 0) is 58.5 Å². The molecule has 2 rings (SSSR count). The van der Waals surface area contributed by atoms with Crippen molar-refractivity contribution in [2.24, 2.45) is 5.92 Å². The summed E-state index contributed by atoms with van der Waals surface area (Å²) < 4.78 is 0. The Bertz CT molecular complexity index is 390. The first kappa shape index (κ1) is 15.9. The smallest absolute Gasteiger partial charge is 0.0108 e. The lowest BCUT2D eigenvalue weighted by Gasteiger charge is -2.32. The van der Waals surface area contributed by atoms with Crippen molar-refractivity contribution in [3.05, 3.63) is 29.8 Å². The molecule has 3 heteroatoms. The molecule has 1 aromatic carbocycles. The zero-order valence-electron chi connectivity index (χ0n) is 13.1. The molecule has 0 bridgehead atoms. The third kappa shape index (κ3) is 5.47. The summed E-state index contributed by atoms with van der Waals surface area (Å²) in [5, 5.41) is 0. The summed E-state index contributed by atoms with van der Waals surface area (Å²) in [6.07, 6.45) is 2.77. The first-order chi connectivity index (χ1) is 9.63. The van der Waals surface area contributed by atoms with Crippen molar-refractivity contribution in [3.8, 4) is 0 Å². The van der Waals surface area contributed by atoms with E-state index in [0.29, 0.717) is 0 Å². The molecule has 112 valence electrons. The Labute approximate surface area is 128 Å². The summed E-state index contributed by atoms with van der Waals surface area (Å²) in [5.74, 6) is 2.05. The molecule has 2 nitrogen and oxygen atoms in total. The van der Waals surface area contributed by atoms with Crippen molar-refractivity contribution in [2.75, 3.05) is 46.0 Å². The molecule has 1 aliphatic rings. The SMILES string of the molecule is Cc1ccc(SCCN(C)C[C@H]2CCCN(C)C2)cc1. The van der Waals surface area contributed by atoms with Gasteiger partial charge >= 0.3 is 0 Å². The Balaban J connectivity index is 1.64. The molecule has 0 aromatic heterocycles. The largest absolute Gasteiger partial charge is 0.306 e. The standard InChI is InChI=1S/C17H28N2S/c1-15-6-8-17(9-7-15)20-12-11-19(3)14-16-5-4-10-18(2)13-16/h6-9,16H,4-5,10-14H2,1-3H3/t16-/m0/s1. The van der Waals surface area contributed by atoms with E-state index in [9.17, 15) is 0 Å². The average molecular weight is 292 g/mol. The molecule has 1 heterocycles. The highest BCUT2D eigenvalue weighted by atomic mass is 32.2. The number of rotatable bonds is 6. The molecule has 0 spiro atoms. The van der Waals surface area contributed by atoms with Gasteiger partial charge in [0.1, 0.15) is 0 Å². The van der Waals surface area contributed by atoms with Gasteiger partial charge in [0, 0.05) is 30.3 Å². The highest BCUT2D eigenvalue weighted by Crippen LogP contribution is 2.19. The molecule has 0 aliphatic carbocycles. The van der Waals surface area contributed by atoms with E-state index in [2.05, 4.69) is 55.1 Å². The second kappa shape index (κ2) is 8.06. The van der Waals surface area contributed by atoms with E-state index in [1.165, 1.54) is 55.2 Å². The summed E-state index contributed by atoms with van der Waals surface area (Å²) in [7, 11) is 4.52. The van der Waals surface area contributed by atoms with Crippen LogP contribution in [0.4, 0.5) is 0 Å². The number of hydrogen-bond donors (Lipinski definition) is 0. The monoisotopic (exact) mass is 292 g/mol. The van der Waals surface area contributed by atoms with Crippen LogP contribution < -0.4 is 0 Å². The highest BCUT2D eigenvalue weighted by molar-refractivity contribution is 7.99. The zero-order chi connectivity index (χ0) is 14.4. The third-order valence-electron chi connectivity index (χ3n) is 4.05. The van der Waals surface area contributed by atoms with Gasteiger partial charge in [0.25, 0.3) is 0 Å². The second-order valence-electron chi connectivity index (χ2n) is 6.19. The molecule has 1 aliphatic heterocycles. The van der Waals surface area contributed by atoms with Gasteiger partial charge < -0.3 is 9.80 Å². The summed E-state index contributed by atoms with van der Waals surface area (Å²) in [6, 6.07) is 8.86. The van der Waals surface area contributed by atoms with E-state index in [1.807, 2.05) is 11.8 Å². The van der Waals surface area contributed by atoms with E-state index >= 15 is 0 Å². The normalized spacial score (nSPS) is 20.5. The predicted octanol–water partition coefficient (Wildman–Crippen LogP) is 3.36. The quantitative estimate of drug-likeness (QED) is 0.742. The van der Waals surface area contributed by atoms with Crippen LogP contribution in [0.3, 0.4) is 0 Å². The first-order valence-electron chi connectivity index (χ1n) is 7.70. The van der Waals surface area contributed by atoms with Crippen LogP contribution in [0.15, 0.2) is 29.2 Å². The minimum atomic E-state index is 0.864. The molecule has 0 saturated carbocycles. The lowest BCUT2D eigenvalue weighted by atomic mass is 9.98. The van der Waals surface area contributed by atoms with Gasteiger partial charge in [0.15, 0.2) is 0 Å². The van der Waals surface area contributed by atoms with Crippen molar-refractivity contribution in [1.29, 1.82) is 0 Å². The maximum Gasteiger partial charge on any atom is 0.0108 e. The molecule has 0 N–H and O–H groups in total. The highest BCUT2D eigenvalue weighted by Gasteiger charge is 2.18. The number of piperidine rings is 1. The summed E-state index contributed by atoms with van der Waals surface area (Å²) >= 11 is 1.97. The Morgan fingerprint density at radius 2 is 2.05 bits per heavy atom. The fourth-order valence-electron chi connectivity index (χ4n) is 2.91. The molecule has 1 atom stereocenters.